The highest BCUT2D eigenvalue weighted by Crippen LogP contribution is 2.34. The minimum Gasteiger partial charge on any atom is -0.479 e. The molecule has 2 aromatic heterocycles. The van der Waals surface area contributed by atoms with Gasteiger partial charge in [0.2, 0.25) is 11.8 Å². The summed E-state index contributed by atoms with van der Waals surface area (Å²) in [6, 6.07) is 0. The molecule has 1 saturated heterocycles. The van der Waals surface area contributed by atoms with E-state index in [0.717, 1.165) is 0 Å². The van der Waals surface area contributed by atoms with Crippen LogP contribution in [0.2, 0.25) is 0 Å². The van der Waals surface area contributed by atoms with Crippen molar-refractivity contribution in [2.45, 2.75) is 31.5 Å². The zero-order valence-electron chi connectivity index (χ0n) is 13.0. The van der Waals surface area contributed by atoms with E-state index in [-0.39, 0.29) is 17.5 Å². The lowest BCUT2D eigenvalue weighted by Crippen LogP contribution is -2.36. The maximum Gasteiger partial charge on any atom is 0.303 e. The summed E-state index contributed by atoms with van der Waals surface area (Å²) in [7, 11) is 1.42. The summed E-state index contributed by atoms with van der Waals surface area (Å²) in [5.41, 5.74) is 6.28. The fourth-order valence-corrected chi connectivity index (χ4v) is 2.65. The number of fused-ring (bicyclic) bond motifs is 1. The minimum atomic E-state index is -1.21. The highest BCUT2D eigenvalue weighted by atomic mass is 16.6. The molecule has 0 aliphatic carbocycles. The number of anilines is 1. The van der Waals surface area contributed by atoms with Crippen LogP contribution in [0, 0.1) is 0 Å². The van der Waals surface area contributed by atoms with Crippen LogP contribution >= 0.6 is 0 Å². The number of esters is 1. The van der Waals surface area contributed by atoms with Crippen LogP contribution < -0.4 is 10.5 Å². The fourth-order valence-electron chi connectivity index (χ4n) is 2.65. The summed E-state index contributed by atoms with van der Waals surface area (Å²) < 4.78 is 17.3. The van der Waals surface area contributed by atoms with Crippen LogP contribution in [0.4, 0.5) is 5.95 Å². The molecular weight excluding hydrogens is 322 g/mol. The standard InChI is InChI=1S/C13H17N5O6/c1-5(20)23-9-8(21)6(3-19)24-12(9)18-4-15-7-10(18)16-13(14)17-11(7)22-2/h4,6,8-9,12,19,21H,3H2,1-2H3,(H2,14,16,17)/t6-,8-,9+,12?/m1/s1. The molecule has 4 atom stereocenters. The third-order valence-electron chi connectivity index (χ3n) is 3.67. The number of methoxy groups -OCH3 is 1. The van der Waals surface area contributed by atoms with Crippen molar-refractivity contribution in [1.82, 2.24) is 19.5 Å². The van der Waals surface area contributed by atoms with Crippen LogP contribution in [-0.2, 0) is 14.3 Å². The Morgan fingerprint density at radius 3 is 2.88 bits per heavy atom. The summed E-state index contributed by atoms with van der Waals surface area (Å²) in [6.45, 7) is 0.772. The van der Waals surface area contributed by atoms with Crippen molar-refractivity contribution < 1.29 is 29.2 Å². The molecule has 11 heteroatoms. The SMILES string of the molecule is COc1nc(N)nc2c1ncn2C1O[C@H](CO)[C@@H](O)[C@@H]1OC(C)=O. The largest absolute Gasteiger partial charge is 0.479 e. The molecular formula is C13H17N5O6. The number of nitrogens with two attached hydrogens (primary N) is 1. The van der Waals surface area contributed by atoms with Gasteiger partial charge in [-0.3, -0.25) is 9.36 Å². The smallest absolute Gasteiger partial charge is 0.303 e. The van der Waals surface area contributed by atoms with E-state index in [1.807, 2.05) is 0 Å². The Kier molecular flexibility index (Phi) is 4.22. The molecule has 130 valence electrons. The molecule has 0 aromatic carbocycles. The van der Waals surface area contributed by atoms with Gasteiger partial charge in [-0.15, -0.1) is 0 Å². The molecule has 3 heterocycles. The van der Waals surface area contributed by atoms with E-state index in [1.54, 1.807) is 0 Å². The fraction of sp³-hybridized carbons (Fsp3) is 0.538. The first-order valence-corrected chi connectivity index (χ1v) is 7.12. The Bertz CT molecular complexity index is 765. The van der Waals surface area contributed by atoms with Crippen molar-refractivity contribution in [3.63, 3.8) is 0 Å². The lowest BCUT2D eigenvalue weighted by molar-refractivity contribution is -0.155. The van der Waals surface area contributed by atoms with Crippen molar-refractivity contribution >= 4 is 23.1 Å². The third-order valence-corrected chi connectivity index (χ3v) is 3.67. The second-order valence-electron chi connectivity index (χ2n) is 5.23. The monoisotopic (exact) mass is 339 g/mol. The molecule has 0 saturated carbocycles. The lowest BCUT2D eigenvalue weighted by atomic mass is 10.1. The zero-order valence-corrected chi connectivity index (χ0v) is 13.0. The topological polar surface area (TPSA) is 155 Å². The maximum atomic E-state index is 11.3. The molecule has 3 rings (SSSR count). The molecule has 24 heavy (non-hydrogen) atoms. The number of imidazole rings is 1. The molecule has 0 radical (unpaired) electrons. The highest BCUT2D eigenvalue weighted by Gasteiger charge is 2.47. The van der Waals surface area contributed by atoms with Gasteiger partial charge in [0.05, 0.1) is 20.0 Å². The van der Waals surface area contributed by atoms with Crippen molar-refractivity contribution in [3.05, 3.63) is 6.33 Å². The number of carbonyl (C=O) groups is 1. The molecule has 0 spiro atoms. The van der Waals surface area contributed by atoms with E-state index in [0.29, 0.717) is 5.52 Å². The van der Waals surface area contributed by atoms with Crippen LogP contribution in [0.1, 0.15) is 13.2 Å². The van der Waals surface area contributed by atoms with Gasteiger partial charge in [0.1, 0.15) is 12.2 Å². The first-order chi connectivity index (χ1) is 11.5. The van der Waals surface area contributed by atoms with Gasteiger partial charge in [0, 0.05) is 6.92 Å². The van der Waals surface area contributed by atoms with Crippen LogP contribution in [-0.4, -0.2) is 67.7 Å². The van der Waals surface area contributed by atoms with Crippen LogP contribution in [0.25, 0.3) is 11.2 Å². The minimum absolute atomic E-state index is 0.0395. The van der Waals surface area contributed by atoms with E-state index >= 15 is 0 Å². The summed E-state index contributed by atoms with van der Waals surface area (Å²) in [5.74, 6) is -0.456. The molecule has 1 aliphatic rings. The quantitative estimate of drug-likeness (QED) is 0.566. The molecule has 4 N–H and O–H groups in total. The third kappa shape index (κ3) is 2.62. The van der Waals surface area contributed by atoms with Crippen molar-refractivity contribution in [3.8, 4) is 5.88 Å². The number of nitrogen functional groups attached to an aromatic ring is 1. The van der Waals surface area contributed by atoms with Gasteiger partial charge >= 0.3 is 5.97 Å². The number of nitrogens with zero attached hydrogens (tertiary/aromatic N) is 4. The molecule has 0 amide bonds. The zero-order chi connectivity index (χ0) is 17.4. The highest BCUT2D eigenvalue weighted by molar-refractivity contribution is 5.77. The molecule has 2 aromatic rings. The van der Waals surface area contributed by atoms with E-state index in [1.165, 1.54) is 24.9 Å². The molecule has 1 unspecified atom stereocenters. The first-order valence-electron chi connectivity index (χ1n) is 7.12. The number of rotatable bonds is 4. The van der Waals surface area contributed by atoms with Gasteiger partial charge in [-0.25, -0.2) is 4.98 Å². The first kappa shape index (κ1) is 16.4. The number of carbonyl (C=O) groups excluding carboxylic acids is 1. The van der Waals surface area contributed by atoms with Gasteiger partial charge in [-0.2, -0.15) is 9.97 Å². The van der Waals surface area contributed by atoms with Gasteiger partial charge in [-0.05, 0) is 0 Å². The Hall–Kier alpha value is -2.50. The number of hydrogen-bond acceptors (Lipinski definition) is 10. The maximum absolute atomic E-state index is 11.3. The Morgan fingerprint density at radius 2 is 2.25 bits per heavy atom. The average Bonchev–Trinajstić information content (AvgIpc) is 3.08. The van der Waals surface area contributed by atoms with E-state index in [9.17, 15) is 15.0 Å². The van der Waals surface area contributed by atoms with Crippen LogP contribution in [0.15, 0.2) is 6.33 Å². The predicted octanol–water partition coefficient (Wildman–Crippen LogP) is -1.40. The normalized spacial score (nSPS) is 26.7. The Morgan fingerprint density at radius 1 is 1.50 bits per heavy atom. The second kappa shape index (κ2) is 6.19. The van der Waals surface area contributed by atoms with Gasteiger partial charge in [-0.1, -0.05) is 0 Å². The number of aromatic nitrogens is 4. The molecule has 11 nitrogen and oxygen atoms in total. The predicted molar refractivity (Wildman–Crippen MR) is 78.8 cm³/mol. The lowest BCUT2D eigenvalue weighted by Gasteiger charge is -2.21. The van der Waals surface area contributed by atoms with Crippen molar-refractivity contribution in [2.24, 2.45) is 0 Å². The van der Waals surface area contributed by atoms with E-state index in [2.05, 4.69) is 15.0 Å². The molecule has 1 fully saturated rings. The average molecular weight is 339 g/mol. The van der Waals surface area contributed by atoms with Crippen molar-refractivity contribution in [1.29, 1.82) is 0 Å². The van der Waals surface area contributed by atoms with Crippen LogP contribution in [0.5, 0.6) is 5.88 Å². The van der Waals surface area contributed by atoms with Crippen LogP contribution in [0.3, 0.4) is 0 Å². The molecule has 1 aliphatic heterocycles. The Balaban J connectivity index is 2.07. The Labute approximate surface area is 136 Å². The number of aliphatic hydroxyl groups is 2. The van der Waals surface area contributed by atoms with Gasteiger partial charge < -0.3 is 30.2 Å². The summed E-state index contributed by atoms with van der Waals surface area (Å²) in [6.07, 6.45) is -2.72. The number of aliphatic hydroxyl groups excluding tert-OH is 2. The van der Waals surface area contributed by atoms with Gasteiger partial charge in [0.25, 0.3) is 0 Å². The van der Waals surface area contributed by atoms with E-state index < -0.39 is 37.1 Å². The summed E-state index contributed by atoms with van der Waals surface area (Å²) in [4.78, 5) is 23.5. The van der Waals surface area contributed by atoms with Gasteiger partial charge in [0.15, 0.2) is 23.5 Å². The van der Waals surface area contributed by atoms with E-state index in [4.69, 9.17) is 19.9 Å². The molecule has 0 bridgehead atoms. The summed E-state index contributed by atoms with van der Waals surface area (Å²) in [5, 5.41) is 19.5. The second-order valence-corrected chi connectivity index (χ2v) is 5.23. The summed E-state index contributed by atoms with van der Waals surface area (Å²) >= 11 is 0. The van der Waals surface area contributed by atoms with Crippen molar-refractivity contribution in [2.75, 3.05) is 19.5 Å². The number of hydrogen-bond donors (Lipinski definition) is 3. The number of ether oxygens (including phenoxy) is 3.